The van der Waals surface area contributed by atoms with Crippen LogP contribution in [0.15, 0.2) is 53.4 Å². The summed E-state index contributed by atoms with van der Waals surface area (Å²) in [4.78, 5) is 25.1. The Morgan fingerprint density at radius 3 is 2.33 bits per heavy atom. The van der Waals surface area contributed by atoms with Gasteiger partial charge in [-0.1, -0.05) is 23.8 Å². The second-order valence-electron chi connectivity index (χ2n) is 7.23. The van der Waals surface area contributed by atoms with Crippen molar-refractivity contribution >= 4 is 27.3 Å². The summed E-state index contributed by atoms with van der Waals surface area (Å²) in [5.41, 5.74) is 1.24. The second kappa shape index (κ2) is 8.90. The minimum absolute atomic E-state index is 0.102. The Kier molecular flexibility index (Phi) is 6.49. The van der Waals surface area contributed by atoms with Gasteiger partial charge in [0.05, 0.1) is 15.9 Å². The van der Waals surface area contributed by atoms with E-state index in [0.29, 0.717) is 18.8 Å². The smallest absolute Gasteiger partial charge is 0.271 e. The van der Waals surface area contributed by atoms with Gasteiger partial charge in [-0.05, 0) is 32.0 Å². The van der Waals surface area contributed by atoms with Crippen LogP contribution in [0.2, 0.25) is 0 Å². The zero-order chi connectivity index (χ0) is 21.9. The first-order valence-electron chi connectivity index (χ1n) is 9.54. The first-order chi connectivity index (χ1) is 14.2. The molecule has 1 aliphatic heterocycles. The van der Waals surface area contributed by atoms with Crippen LogP contribution >= 0.6 is 0 Å². The van der Waals surface area contributed by atoms with Crippen molar-refractivity contribution in [1.29, 1.82) is 0 Å². The molecule has 0 radical (unpaired) electrons. The number of benzene rings is 2. The number of nitrogens with one attached hydrogen (secondary N) is 1. The van der Waals surface area contributed by atoms with Crippen LogP contribution < -0.4 is 5.32 Å². The summed E-state index contributed by atoms with van der Waals surface area (Å²) in [5, 5.41) is 13.6. The lowest BCUT2D eigenvalue weighted by molar-refractivity contribution is -0.384. The van der Waals surface area contributed by atoms with Gasteiger partial charge in [-0.2, -0.15) is 4.31 Å². The highest BCUT2D eigenvalue weighted by molar-refractivity contribution is 7.89. The van der Waals surface area contributed by atoms with Crippen molar-refractivity contribution in [2.75, 3.05) is 31.5 Å². The summed E-state index contributed by atoms with van der Waals surface area (Å²) in [6, 6.07) is 12.0. The third-order valence-corrected chi connectivity index (χ3v) is 7.10. The largest absolute Gasteiger partial charge is 0.324 e. The molecule has 0 saturated carbocycles. The molecular weight excluding hydrogens is 408 g/mol. The number of piperazine rings is 1. The number of rotatable bonds is 6. The van der Waals surface area contributed by atoms with Crippen LogP contribution in [0.5, 0.6) is 0 Å². The molecule has 10 heteroatoms. The molecule has 3 rings (SSSR count). The Balaban J connectivity index is 1.60. The van der Waals surface area contributed by atoms with Crippen LogP contribution in [-0.4, -0.2) is 60.7 Å². The maximum absolute atomic E-state index is 12.8. The minimum atomic E-state index is -3.57. The van der Waals surface area contributed by atoms with Crippen molar-refractivity contribution in [2.45, 2.75) is 24.8 Å². The highest BCUT2D eigenvalue weighted by Gasteiger charge is 2.31. The first kappa shape index (κ1) is 21.9. The summed E-state index contributed by atoms with van der Waals surface area (Å²) in [6.45, 7) is 5.02. The third kappa shape index (κ3) is 4.84. The molecule has 30 heavy (non-hydrogen) atoms. The van der Waals surface area contributed by atoms with E-state index in [9.17, 15) is 23.3 Å². The number of amides is 1. The van der Waals surface area contributed by atoms with Gasteiger partial charge in [-0.15, -0.1) is 0 Å². The van der Waals surface area contributed by atoms with Crippen LogP contribution in [-0.2, 0) is 14.8 Å². The Labute approximate surface area is 175 Å². The van der Waals surface area contributed by atoms with E-state index >= 15 is 0 Å². The van der Waals surface area contributed by atoms with E-state index in [0.717, 1.165) is 5.56 Å². The lowest BCUT2D eigenvalue weighted by Crippen LogP contribution is -2.53. The summed E-state index contributed by atoms with van der Waals surface area (Å²) < 4.78 is 27.1. The van der Waals surface area contributed by atoms with Crippen LogP contribution in [0.1, 0.15) is 12.5 Å². The number of aryl methyl sites for hydroxylation is 1. The third-order valence-electron chi connectivity index (χ3n) is 5.18. The van der Waals surface area contributed by atoms with Crippen molar-refractivity contribution in [3.8, 4) is 0 Å². The predicted molar refractivity (Wildman–Crippen MR) is 113 cm³/mol. The number of hydrogen-bond donors (Lipinski definition) is 1. The van der Waals surface area contributed by atoms with E-state index < -0.39 is 21.0 Å². The van der Waals surface area contributed by atoms with E-state index in [4.69, 9.17) is 0 Å². The molecule has 9 nitrogen and oxygen atoms in total. The van der Waals surface area contributed by atoms with E-state index in [1.807, 2.05) is 11.8 Å². The fourth-order valence-electron chi connectivity index (χ4n) is 3.30. The van der Waals surface area contributed by atoms with Crippen molar-refractivity contribution in [3.63, 3.8) is 0 Å². The Morgan fingerprint density at radius 1 is 1.10 bits per heavy atom. The molecule has 0 aromatic heterocycles. The average Bonchev–Trinajstić information content (AvgIpc) is 2.73. The number of anilines is 1. The number of sulfonamides is 1. The van der Waals surface area contributed by atoms with Crippen LogP contribution in [0.3, 0.4) is 0 Å². The van der Waals surface area contributed by atoms with Gasteiger partial charge in [0.2, 0.25) is 15.9 Å². The predicted octanol–water partition coefficient (Wildman–Crippen LogP) is 2.24. The fourth-order valence-corrected chi connectivity index (χ4v) is 4.72. The monoisotopic (exact) mass is 432 g/mol. The molecule has 0 aliphatic carbocycles. The SMILES string of the molecule is Cc1ccc(S(=O)(=O)N2CCN([C@@H](C)C(=O)Nc3cccc([N+](=O)[O-])c3)CC2)cc1. The number of carbonyl (C=O) groups excluding carboxylic acids is 1. The van der Waals surface area contributed by atoms with E-state index in [-0.39, 0.29) is 29.6 Å². The Bertz CT molecular complexity index is 1030. The van der Waals surface area contributed by atoms with Crippen molar-refractivity contribution in [3.05, 3.63) is 64.2 Å². The highest BCUT2D eigenvalue weighted by Crippen LogP contribution is 2.20. The van der Waals surface area contributed by atoms with Gasteiger partial charge in [-0.3, -0.25) is 19.8 Å². The van der Waals surface area contributed by atoms with Crippen LogP contribution in [0.4, 0.5) is 11.4 Å². The van der Waals surface area contributed by atoms with E-state index in [2.05, 4.69) is 5.32 Å². The van der Waals surface area contributed by atoms with Gasteiger partial charge in [0.1, 0.15) is 0 Å². The van der Waals surface area contributed by atoms with Gasteiger partial charge >= 0.3 is 0 Å². The highest BCUT2D eigenvalue weighted by atomic mass is 32.2. The van der Waals surface area contributed by atoms with Crippen LogP contribution in [0, 0.1) is 17.0 Å². The zero-order valence-electron chi connectivity index (χ0n) is 16.8. The number of hydrogen-bond acceptors (Lipinski definition) is 6. The molecule has 1 atom stereocenters. The summed E-state index contributed by atoms with van der Waals surface area (Å²) in [6.07, 6.45) is 0. The first-order valence-corrected chi connectivity index (χ1v) is 11.0. The molecule has 1 N–H and O–H groups in total. The maximum Gasteiger partial charge on any atom is 0.271 e. The summed E-state index contributed by atoms with van der Waals surface area (Å²) in [5.74, 6) is -0.301. The molecule has 1 amide bonds. The molecular formula is C20H24N4O5S. The fraction of sp³-hybridized carbons (Fsp3) is 0.350. The van der Waals surface area contributed by atoms with Crippen molar-refractivity contribution in [2.24, 2.45) is 0 Å². The van der Waals surface area contributed by atoms with Gasteiger partial charge in [-0.25, -0.2) is 8.42 Å². The van der Waals surface area contributed by atoms with Gasteiger partial charge in [0, 0.05) is 44.0 Å². The molecule has 2 aromatic carbocycles. The van der Waals surface area contributed by atoms with Gasteiger partial charge < -0.3 is 5.32 Å². The normalized spacial score (nSPS) is 16.7. The van der Waals surface area contributed by atoms with Crippen molar-refractivity contribution in [1.82, 2.24) is 9.21 Å². The number of non-ortho nitro benzene ring substituents is 1. The van der Waals surface area contributed by atoms with Crippen molar-refractivity contribution < 1.29 is 18.1 Å². The topological polar surface area (TPSA) is 113 Å². The summed E-state index contributed by atoms with van der Waals surface area (Å²) >= 11 is 0. The quantitative estimate of drug-likeness (QED) is 0.553. The molecule has 1 heterocycles. The molecule has 0 spiro atoms. The molecule has 2 aromatic rings. The van der Waals surface area contributed by atoms with E-state index in [1.54, 1.807) is 37.3 Å². The Hall–Kier alpha value is -2.82. The minimum Gasteiger partial charge on any atom is -0.324 e. The number of nitrogens with zero attached hydrogens (tertiary/aromatic N) is 3. The Morgan fingerprint density at radius 2 is 1.73 bits per heavy atom. The summed E-state index contributed by atoms with van der Waals surface area (Å²) in [7, 11) is -3.57. The average molecular weight is 433 g/mol. The van der Waals surface area contributed by atoms with Crippen LogP contribution in [0.25, 0.3) is 0 Å². The molecule has 1 saturated heterocycles. The lowest BCUT2D eigenvalue weighted by Gasteiger charge is -2.36. The molecule has 160 valence electrons. The molecule has 1 aliphatic rings. The second-order valence-corrected chi connectivity index (χ2v) is 9.16. The molecule has 0 bridgehead atoms. The molecule has 0 unspecified atom stereocenters. The molecule has 1 fully saturated rings. The lowest BCUT2D eigenvalue weighted by atomic mass is 10.2. The van der Waals surface area contributed by atoms with Gasteiger partial charge in [0.25, 0.3) is 5.69 Å². The number of nitro groups is 1. The number of nitro benzene ring substituents is 1. The maximum atomic E-state index is 12.8. The zero-order valence-corrected chi connectivity index (χ0v) is 17.6. The number of carbonyl (C=O) groups is 1. The standard InChI is InChI=1S/C20H24N4O5S/c1-15-6-8-19(9-7-15)30(28,29)23-12-10-22(11-13-23)16(2)20(25)21-17-4-3-5-18(14-17)24(26)27/h3-9,14,16H,10-13H2,1-2H3,(H,21,25)/t16-/m0/s1. The van der Waals surface area contributed by atoms with E-state index in [1.165, 1.54) is 22.5 Å². The van der Waals surface area contributed by atoms with Gasteiger partial charge in [0.15, 0.2) is 0 Å².